The van der Waals surface area contributed by atoms with E-state index >= 15 is 0 Å². The van der Waals surface area contributed by atoms with Gasteiger partial charge in [-0.05, 0) is 19.8 Å². The Bertz CT molecular complexity index is 577. The minimum atomic E-state index is -0.915. The summed E-state index contributed by atoms with van der Waals surface area (Å²) >= 11 is 0. The first kappa shape index (κ1) is 15.5. The monoisotopic (exact) mass is 293 g/mol. The highest BCUT2D eigenvalue weighted by molar-refractivity contribution is 5.87. The van der Waals surface area contributed by atoms with E-state index in [4.69, 9.17) is 0 Å². The first-order valence-corrected chi connectivity index (χ1v) is 7.26. The van der Waals surface area contributed by atoms with Gasteiger partial charge in [-0.25, -0.2) is 0 Å². The fraction of sp³-hybridized carbons (Fsp3) is 0.667. The minimum Gasteiger partial charge on any atom is -0.481 e. The second kappa shape index (κ2) is 5.50. The number of carboxylic acids is 1. The molecular formula is C15H23N3O3. The van der Waals surface area contributed by atoms with Gasteiger partial charge in [0, 0.05) is 31.3 Å². The molecule has 1 aliphatic heterocycles. The lowest BCUT2D eigenvalue weighted by molar-refractivity contribution is -0.142. The summed E-state index contributed by atoms with van der Waals surface area (Å²) in [5.41, 5.74) is 2.61. The lowest BCUT2D eigenvalue weighted by atomic mass is 9.92. The van der Waals surface area contributed by atoms with Crippen LogP contribution in [0.3, 0.4) is 0 Å². The van der Waals surface area contributed by atoms with Gasteiger partial charge in [-0.1, -0.05) is 13.8 Å². The van der Waals surface area contributed by atoms with Crippen molar-refractivity contribution < 1.29 is 14.7 Å². The van der Waals surface area contributed by atoms with Crippen LogP contribution in [0, 0.1) is 25.7 Å². The molecule has 1 N–H and O–H groups in total. The Morgan fingerprint density at radius 2 is 2.05 bits per heavy atom. The maximum absolute atomic E-state index is 12.3. The predicted octanol–water partition coefficient (Wildman–Crippen LogP) is 1.67. The molecule has 6 nitrogen and oxygen atoms in total. The van der Waals surface area contributed by atoms with Crippen LogP contribution in [0.1, 0.15) is 43.3 Å². The number of carbonyl (C=O) groups excluding carboxylic acids is 1. The first-order chi connectivity index (χ1) is 9.73. The van der Waals surface area contributed by atoms with Gasteiger partial charge in [-0.2, -0.15) is 5.10 Å². The number of likely N-dealkylation sites (tertiary alicyclic amines) is 1. The molecule has 1 fully saturated rings. The van der Waals surface area contributed by atoms with Crippen molar-refractivity contribution in [2.24, 2.45) is 18.9 Å². The predicted molar refractivity (Wildman–Crippen MR) is 77.7 cm³/mol. The molecule has 6 heteroatoms. The smallest absolute Gasteiger partial charge is 0.309 e. The van der Waals surface area contributed by atoms with Gasteiger partial charge in [0.2, 0.25) is 5.91 Å². The van der Waals surface area contributed by atoms with E-state index in [1.54, 1.807) is 9.58 Å². The van der Waals surface area contributed by atoms with Crippen molar-refractivity contribution in [3.63, 3.8) is 0 Å². The van der Waals surface area contributed by atoms with E-state index in [-0.39, 0.29) is 12.3 Å². The average molecular weight is 293 g/mol. The quantitative estimate of drug-likeness (QED) is 0.916. The molecule has 21 heavy (non-hydrogen) atoms. The normalized spacial score (nSPS) is 22.4. The Morgan fingerprint density at radius 3 is 2.48 bits per heavy atom. The molecule has 116 valence electrons. The average Bonchev–Trinajstić information content (AvgIpc) is 2.79. The van der Waals surface area contributed by atoms with Crippen LogP contribution in [0.2, 0.25) is 0 Å². The molecule has 1 saturated heterocycles. The van der Waals surface area contributed by atoms with Gasteiger partial charge in [0.05, 0.1) is 17.7 Å². The summed E-state index contributed by atoms with van der Waals surface area (Å²) in [5.74, 6) is -1.40. The molecule has 0 radical (unpaired) electrons. The van der Waals surface area contributed by atoms with Crippen LogP contribution in [0.4, 0.5) is 0 Å². The van der Waals surface area contributed by atoms with Crippen molar-refractivity contribution in [1.82, 2.24) is 14.7 Å². The fourth-order valence-corrected chi connectivity index (χ4v) is 3.20. The summed E-state index contributed by atoms with van der Waals surface area (Å²) in [7, 11) is 1.84. The van der Waals surface area contributed by atoms with Crippen molar-refractivity contribution in [3.8, 4) is 0 Å². The van der Waals surface area contributed by atoms with Crippen LogP contribution in [0.25, 0.3) is 0 Å². The van der Waals surface area contributed by atoms with Crippen molar-refractivity contribution in [3.05, 3.63) is 17.0 Å². The van der Waals surface area contributed by atoms with E-state index < -0.39 is 17.9 Å². The van der Waals surface area contributed by atoms with Crippen molar-refractivity contribution in [2.75, 3.05) is 6.54 Å². The Balaban J connectivity index is 2.51. The molecular weight excluding hydrogens is 270 g/mol. The molecule has 2 atom stereocenters. The van der Waals surface area contributed by atoms with Gasteiger partial charge >= 0.3 is 5.97 Å². The maximum atomic E-state index is 12.3. The summed E-state index contributed by atoms with van der Waals surface area (Å²) in [6.07, 6.45) is 0.0699. The standard InChI is InChI=1S/C15H23N3O3/c1-8(2)7-18-12(19)6-11(15(20)21)14(18)13-9(3)16-17(5)10(13)4/h8,11,14H,6-7H2,1-5H3,(H,20,21). The lowest BCUT2D eigenvalue weighted by Gasteiger charge is -2.29. The summed E-state index contributed by atoms with van der Waals surface area (Å²) in [6, 6.07) is -0.411. The molecule has 0 spiro atoms. The van der Waals surface area contributed by atoms with E-state index in [1.165, 1.54) is 0 Å². The molecule has 2 rings (SSSR count). The van der Waals surface area contributed by atoms with Crippen molar-refractivity contribution >= 4 is 11.9 Å². The van der Waals surface area contributed by atoms with Gasteiger partial charge in [0.15, 0.2) is 0 Å². The van der Waals surface area contributed by atoms with Crippen molar-refractivity contribution in [1.29, 1.82) is 0 Å². The summed E-state index contributed by atoms with van der Waals surface area (Å²) in [6.45, 7) is 8.42. The van der Waals surface area contributed by atoms with Gasteiger partial charge in [0.25, 0.3) is 0 Å². The SMILES string of the molecule is Cc1nn(C)c(C)c1C1C(C(=O)O)CC(=O)N1CC(C)C. The van der Waals surface area contributed by atoms with Gasteiger partial charge < -0.3 is 10.0 Å². The zero-order valence-electron chi connectivity index (χ0n) is 13.3. The lowest BCUT2D eigenvalue weighted by Crippen LogP contribution is -2.34. The number of hydrogen-bond acceptors (Lipinski definition) is 3. The van der Waals surface area contributed by atoms with Gasteiger partial charge in [0.1, 0.15) is 0 Å². The number of carbonyl (C=O) groups is 2. The fourth-order valence-electron chi connectivity index (χ4n) is 3.20. The van der Waals surface area contributed by atoms with Crippen LogP contribution in [0.15, 0.2) is 0 Å². The number of hydrogen-bond donors (Lipinski definition) is 1. The molecule has 0 aliphatic carbocycles. The number of amides is 1. The topological polar surface area (TPSA) is 75.4 Å². The third kappa shape index (κ3) is 2.66. The Labute approximate surface area is 124 Å². The van der Waals surface area contributed by atoms with Gasteiger partial charge in [-0.3, -0.25) is 14.3 Å². The zero-order chi connectivity index (χ0) is 15.9. The summed E-state index contributed by atoms with van der Waals surface area (Å²) < 4.78 is 1.75. The van der Waals surface area contributed by atoms with E-state index in [2.05, 4.69) is 5.10 Å². The molecule has 0 saturated carbocycles. The highest BCUT2D eigenvalue weighted by Crippen LogP contribution is 2.41. The Kier molecular flexibility index (Phi) is 4.07. The van der Waals surface area contributed by atoms with Crippen molar-refractivity contribution in [2.45, 2.75) is 40.2 Å². The number of rotatable bonds is 4. The number of aryl methyl sites for hydroxylation is 2. The largest absolute Gasteiger partial charge is 0.481 e. The van der Waals surface area contributed by atoms with Crippen LogP contribution >= 0.6 is 0 Å². The number of carboxylic acid groups (broad SMARTS) is 1. The Hall–Kier alpha value is -1.85. The number of nitrogens with zero attached hydrogens (tertiary/aromatic N) is 3. The molecule has 2 heterocycles. The minimum absolute atomic E-state index is 0.0699. The molecule has 0 bridgehead atoms. The molecule has 1 amide bonds. The molecule has 2 unspecified atom stereocenters. The molecule has 1 aromatic rings. The highest BCUT2D eigenvalue weighted by Gasteiger charge is 2.46. The molecule has 1 aromatic heterocycles. The molecule has 1 aliphatic rings. The first-order valence-electron chi connectivity index (χ1n) is 7.26. The Morgan fingerprint density at radius 1 is 1.43 bits per heavy atom. The second-order valence-electron chi connectivity index (χ2n) is 6.24. The van der Waals surface area contributed by atoms with Gasteiger partial charge in [-0.15, -0.1) is 0 Å². The zero-order valence-corrected chi connectivity index (χ0v) is 13.3. The maximum Gasteiger partial charge on any atom is 0.309 e. The third-order valence-corrected chi connectivity index (χ3v) is 4.17. The summed E-state index contributed by atoms with van der Waals surface area (Å²) in [5, 5.41) is 13.9. The number of aliphatic carboxylic acids is 1. The van der Waals surface area contributed by atoms with E-state index in [0.717, 1.165) is 17.0 Å². The molecule has 0 aromatic carbocycles. The van der Waals surface area contributed by atoms with Crippen LogP contribution < -0.4 is 0 Å². The highest BCUT2D eigenvalue weighted by atomic mass is 16.4. The van der Waals surface area contributed by atoms with Crippen LogP contribution in [-0.2, 0) is 16.6 Å². The van der Waals surface area contributed by atoms with E-state index in [0.29, 0.717) is 12.5 Å². The second-order valence-corrected chi connectivity index (χ2v) is 6.24. The number of aromatic nitrogens is 2. The van der Waals surface area contributed by atoms with E-state index in [9.17, 15) is 14.7 Å². The third-order valence-electron chi connectivity index (χ3n) is 4.17. The van der Waals surface area contributed by atoms with E-state index in [1.807, 2.05) is 34.7 Å². The van der Waals surface area contributed by atoms with Crippen LogP contribution in [0.5, 0.6) is 0 Å². The van der Waals surface area contributed by atoms with Crippen LogP contribution in [-0.4, -0.2) is 38.2 Å². The summed E-state index contributed by atoms with van der Waals surface area (Å²) in [4.78, 5) is 25.6.